The molecule has 1 aliphatic heterocycles. The van der Waals surface area contributed by atoms with Gasteiger partial charge < -0.3 is 4.74 Å². The molecule has 104 valence electrons. The van der Waals surface area contributed by atoms with Crippen LogP contribution in [0.2, 0.25) is 0 Å². The van der Waals surface area contributed by atoms with Crippen molar-refractivity contribution in [3.8, 4) is 0 Å². The Balaban J connectivity index is 2.07. The van der Waals surface area contributed by atoms with Crippen LogP contribution in [0.5, 0.6) is 0 Å². The first-order chi connectivity index (χ1) is 9.46. The lowest BCUT2D eigenvalue weighted by Crippen LogP contribution is -2.33. The lowest BCUT2D eigenvalue weighted by atomic mass is 9.71. The van der Waals surface area contributed by atoms with Gasteiger partial charge in [-0.05, 0) is 11.0 Å². The summed E-state index contributed by atoms with van der Waals surface area (Å²) < 4.78 is 5.37. The fourth-order valence-corrected chi connectivity index (χ4v) is 3.18. The predicted molar refractivity (Wildman–Crippen MR) is 74.9 cm³/mol. The van der Waals surface area contributed by atoms with Crippen molar-refractivity contribution >= 4 is 11.8 Å². The number of Topliss-reactive ketones (excluding diaryl/α,β-unsaturated/α-hetero) is 1. The Morgan fingerprint density at radius 2 is 1.80 bits per heavy atom. The largest absolute Gasteiger partial charge is 0.431 e. The first-order valence-electron chi connectivity index (χ1n) is 6.98. The van der Waals surface area contributed by atoms with Gasteiger partial charge >= 0.3 is 5.97 Å². The number of benzene rings is 1. The van der Waals surface area contributed by atoms with Crippen molar-refractivity contribution in [2.75, 3.05) is 0 Å². The first kappa shape index (κ1) is 13.1. The third kappa shape index (κ3) is 2.28. The molecule has 0 spiro atoms. The van der Waals surface area contributed by atoms with Gasteiger partial charge in [-0.15, -0.1) is 0 Å². The molecule has 1 unspecified atom stereocenters. The minimum Gasteiger partial charge on any atom is -0.431 e. The fraction of sp³-hybridized carbons (Fsp3) is 0.412. The third-order valence-corrected chi connectivity index (χ3v) is 4.04. The molecule has 1 aromatic carbocycles. The van der Waals surface area contributed by atoms with Gasteiger partial charge in [-0.25, -0.2) is 0 Å². The number of carbonyl (C=O) groups is 2. The van der Waals surface area contributed by atoms with Crippen LogP contribution in [0, 0.1) is 5.41 Å². The molecule has 0 radical (unpaired) electrons. The van der Waals surface area contributed by atoms with Crippen LogP contribution in [-0.4, -0.2) is 11.8 Å². The van der Waals surface area contributed by atoms with Gasteiger partial charge in [0.2, 0.25) is 0 Å². The van der Waals surface area contributed by atoms with Gasteiger partial charge in [0.1, 0.15) is 5.76 Å². The summed E-state index contributed by atoms with van der Waals surface area (Å²) in [5.41, 5.74) is 1.61. The summed E-state index contributed by atoms with van der Waals surface area (Å²) in [6.07, 6.45) is 1.44. The second-order valence-electron chi connectivity index (χ2n) is 6.42. The first-order valence-corrected chi connectivity index (χ1v) is 6.98. The number of rotatable bonds is 1. The molecular formula is C17H18O3. The van der Waals surface area contributed by atoms with E-state index < -0.39 is 0 Å². The van der Waals surface area contributed by atoms with E-state index in [0.29, 0.717) is 18.6 Å². The lowest BCUT2D eigenvalue weighted by Gasteiger charge is -2.36. The summed E-state index contributed by atoms with van der Waals surface area (Å²) in [5.74, 6) is 0.341. The maximum absolute atomic E-state index is 12.5. The lowest BCUT2D eigenvalue weighted by molar-refractivity contribution is -0.142. The highest BCUT2D eigenvalue weighted by atomic mass is 16.5. The van der Waals surface area contributed by atoms with E-state index in [2.05, 4.69) is 0 Å². The van der Waals surface area contributed by atoms with Crippen molar-refractivity contribution in [1.29, 1.82) is 0 Å². The van der Waals surface area contributed by atoms with Gasteiger partial charge in [-0.3, -0.25) is 9.59 Å². The number of ether oxygens (including phenoxy) is 1. The zero-order valence-electron chi connectivity index (χ0n) is 11.8. The number of esters is 1. The molecule has 3 nitrogen and oxygen atoms in total. The van der Waals surface area contributed by atoms with E-state index in [9.17, 15) is 9.59 Å². The standard InChI is InChI=1S/C17H18O3/c1-17(2)9-13(18)16-12(11-6-4-3-5-7-11)8-15(19)20-14(16)10-17/h3-7,12H,8-10H2,1-2H3. The summed E-state index contributed by atoms with van der Waals surface area (Å²) in [5, 5.41) is 0. The van der Waals surface area contributed by atoms with Crippen LogP contribution in [0.4, 0.5) is 0 Å². The van der Waals surface area contributed by atoms with E-state index in [1.165, 1.54) is 0 Å². The van der Waals surface area contributed by atoms with Crippen molar-refractivity contribution in [1.82, 2.24) is 0 Å². The van der Waals surface area contributed by atoms with Crippen molar-refractivity contribution in [2.45, 2.75) is 39.0 Å². The van der Waals surface area contributed by atoms with Gasteiger partial charge in [-0.1, -0.05) is 44.2 Å². The van der Waals surface area contributed by atoms with Crippen molar-refractivity contribution < 1.29 is 14.3 Å². The maximum Gasteiger partial charge on any atom is 0.311 e. The smallest absolute Gasteiger partial charge is 0.311 e. The van der Waals surface area contributed by atoms with E-state index in [0.717, 1.165) is 11.1 Å². The van der Waals surface area contributed by atoms with E-state index in [-0.39, 0.29) is 29.5 Å². The summed E-state index contributed by atoms with van der Waals surface area (Å²) in [4.78, 5) is 24.3. The highest BCUT2D eigenvalue weighted by molar-refractivity contribution is 6.00. The maximum atomic E-state index is 12.5. The van der Waals surface area contributed by atoms with Crippen LogP contribution in [0.25, 0.3) is 0 Å². The molecule has 0 fully saturated rings. The molecule has 3 rings (SSSR count). The SMILES string of the molecule is CC1(C)CC(=O)C2=C(C1)OC(=O)CC2c1ccccc1. The molecule has 20 heavy (non-hydrogen) atoms. The average Bonchev–Trinajstić information content (AvgIpc) is 2.36. The molecule has 1 heterocycles. The highest BCUT2D eigenvalue weighted by Crippen LogP contribution is 2.45. The van der Waals surface area contributed by atoms with E-state index >= 15 is 0 Å². The van der Waals surface area contributed by atoms with Crippen molar-refractivity contribution in [2.24, 2.45) is 5.41 Å². The zero-order valence-corrected chi connectivity index (χ0v) is 11.8. The Morgan fingerprint density at radius 3 is 2.50 bits per heavy atom. The normalized spacial score (nSPS) is 25.2. The van der Waals surface area contributed by atoms with E-state index in [1.807, 2.05) is 44.2 Å². The average molecular weight is 270 g/mol. The Morgan fingerprint density at radius 1 is 1.10 bits per heavy atom. The number of ketones is 1. The van der Waals surface area contributed by atoms with Crippen LogP contribution in [0.1, 0.15) is 44.6 Å². The number of hydrogen-bond acceptors (Lipinski definition) is 3. The van der Waals surface area contributed by atoms with Crippen LogP contribution in [-0.2, 0) is 14.3 Å². The van der Waals surface area contributed by atoms with Crippen LogP contribution in [0.3, 0.4) is 0 Å². The van der Waals surface area contributed by atoms with Gasteiger partial charge in [-0.2, -0.15) is 0 Å². The van der Waals surface area contributed by atoms with Crippen LogP contribution in [0.15, 0.2) is 41.7 Å². The topological polar surface area (TPSA) is 43.4 Å². The number of hydrogen-bond donors (Lipinski definition) is 0. The van der Waals surface area contributed by atoms with E-state index in [4.69, 9.17) is 4.74 Å². The van der Waals surface area contributed by atoms with Gasteiger partial charge in [0.25, 0.3) is 0 Å². The van der Waals surface area contributed by atoms with Gasteiger partial charge in [0, 0.05) is 24.3 Å². The Kier molecular flexibility index (Phi) is 3.00. The van der Waals surface area contributed by atoms with Crippen molar-refractivity contribution in [3.05, 3.63) is 47.2 Å². The van der Waals surface area contributed by atoms with Gasteiger partial charge in [0.15, 0.2) is 5.78 Å². The Labute approximate surface area is 118 Å². The zero-order chi connectivity index (χ0) is 14.3. The fourth-order valence-electron chi connectivity index (χ4n) is 3.18. The molecule has 0 saturated carbocycles. The Bertz CT molecular complexity index is 596. The molecule has 1 aliphatic carbocycles. The molecule has 0 aromatic heterocycles. The second kappa shape index (κ2) is 4.58. The Hall–Kier alpha value is -1.90. The monoisotopic (exact) mass is 270 g/mol. The minimum atomic E-state index is -0.233. The molecule has 3 heteroatoms. The molecule has 0 amide bonds. The highest BCUT2D eigenvalue weighted by Gasteiger charge is 2.41. The predicted octanol–water partition coefficient (Wildman–Crippen LogP) is 3.36. The summed E-state index contributed by atoms with van der Waals surface area (Å²) in [6.45, 7) is 4.07. The third-order valence-electron chi connectivity index (χ3n) is 4.04. The number of carbonyl (C=O) groups excluding carboxylic acids is 2. The summed E-state index contributed by atoms with van der Waals surface area (Å²) in [6, 6.07) is 9.76. The second-order valence-corrected chi connectivity index (χ2v) is 6.42. The number of allylic oxidation sites excluding steroid dienone is 2. The van der Waals surface area contributed by atoms with Gasteiger partial charge in [0.05, 0.1) is 6.42 Å². The summed E-state index contributed by atoms with van der Waals surface area (Å²) >= 11 is 0. The quantitative estimate of drug-likeness (QED) is 0.735. The molecule has 2 aliphatic rings. The van der Waals surface area contributed by atoms with Crippen molar-refractivity contribution in [3.63, 3.8) is 0 Å². The molecule has 0 bridgehead atoms. The molecule has 0 saturated heterocycles. The molecule has 0 N–H and O–H groups in total. The summed E-state index contributed by atoms with van der Waals surface area (Å²) in [7, 11) is 0. The molecular weight excluding hydrogens is 252 g/mol. The minimum absolute atomic E-state index is 0.123. The molecule has 1 aromatic rings. The van der Waals surface area contributed by atoms with Crippen LogP contribution < -0.4 is 0 Å². The van der Waals surface area contributed by atoms with E-state index in [1.54, 1.807) is 0 Å². The molecule has 1 atom stereocenters. The van der Waals surface area contributed by atoms with Crippen LogP contribution >= 0.6 is 0 Å².